The van der Waals surface area contributed by atoms with Crippen molar-refractivity contribution in [2.45, 2.75) is 46.9 Å². The third kappa shape index (κ3) is 7.24. The van der Waals surface area contributed by atoms with Crippen LogP contribution < -0.4 is 10.5 Å². The minimum absolute atomic E-state index is 0.447. The molecule has 2 N–H and O–H groups in total. The molecule has 2 atom stereocenters. The summed E-state index contributed by atoms with van der Waals surface area (Å²) in [6.45, 7) is 4.37. The molecule has 0 fully saturated rings. The molecular formula is C58H50BCl2HfN2O2. The molecule has 4 nitrogen and oxygen atoms in total. The molecule has 0 heterocycles. The molecule has 0 aromatic heterocycles. The first-order chi connectivity index (χ1) is 32.3. The second-order valence-corrected chi connectivity index (χ2v) is 48.2. The maximum absolute atomic E-state index is 12.8. The van der Waals surface area contributed by atoms with Gasteiger partial charge in [0.2, 0.25) is 0 Å². The van der Waals surface area contributed by atoms with Gasteiger partial charge in [-0.05, 0) is 0 Å². The third-order valence-corrected chi connectivity index (χ3v) is 42.8. The number of amides is 2. The Kier molecular flexibility index (Phi) is 12.1. The van der Waals surface area contributed by atoms with Gasteiger partial charge >= 0.3 is 399 Å². The summed E-state index contributed by atoms with van der Waals surface area (Å²) in [5, 5.41) is 10.8. The van der Waals surface area contributed by atoms with E-state index in [0.29, 0.717) is 12.8 Å². The fourth-order valence-electron chi connectivity index (χ4n) is 11.5. The van der Waals surface area contributed by atoms with E-state index in [1.54, 1.807) is 0 Å². The molecule has 8 aromatic carbocycles. The Morgan fingerprint density at radius 2 is 0.788 bits per heavy atom. The zero-order valence-electron chi connectivity index (χ0n) is 37.1. The topological polar surface area (TPSA) is 58.2 Å². The van der Waals surface area contributed by atoms with Gasteiger partial charge in [-0.3, -0.25) is 0 Å². The average molecular weight is 1070 g/mol. The van der Waals surface area contributed by atoms with Gasteiger partial charge < -0.3 is 0 Å². The first-order valence-electron chi connectivity index (χ1n) is 23.1. The van der Waals surface area contributed by atoms with Gasteiger partial charge in [-0.25, -0.2) is 0 Å². The average Bonchev–Trinajstić information content (AvgIpc) is 3.93. The van der Waals surface area contributed by atoms with Crippen LogP contribution in [-0.2, 0) is 25.5 Å². The SMILES string of the molecule is CCCC1=Cc2c(-c3ccccc3-c3cccc4ccccc34)cccc2[CH]1[Hf]([Cl])([Cl])([B](NC=O)NC=O)[CH]1C(CCC)=Cc2c(-c3ccccc3-c3cccc4ccccc34)cccc21. The van der Waals surface area contributed by atoms with Crippen LogP contribution in [-0.4, -0.2) is 17.4 Å². The van der Waals surface area contributed by atoms with Crippen LogP contribution in [0.15, 0.2) is 181 Å². The summed E-state index contributed by atoms with van der Waals surface area (Å²) in [7, 11) is 17.8. The standard InChI is InChI=1S/2C28H23.C2H3BN2O2.2ClH.Hf/c2*1-2-9-20-18-22-12-8-17-27(28(22)19-20)26-15-6-5-14-25(26)24-16-7-11-21-10-3-4-13-23(21)24;6-1-4-3-5-2-7;;;/h2*3-8,10-19H,2,9H2,1H3;1-2H,(H-,4,5,6,7);2*1H;/q;;;;;+1/p-1. The van der Waals surface area contributed by atoms with E-state index in [4.69, 9.17) is 17.2 Å². The number of allylic oxidation sites excluding steroid dienone is 2. The molecule has 0 bridgehead atoms. The van der Waals surface area contributed by atoms with Crippen LogP contribution in [0, 0.1) is 0 Å². The molecule has 0 saturated carbocycles. The number of hydrogen-bond donors (Lipinski definition) is 2. The number of fused-ring (bicyclic) bond motifs is 4. The number of rotatable bonds is 15. The van der Waals surface area contributed by atoms with Crippen molar-refractivity contribution >= 4 is 68.2 Å². The van der Waals surface area contributed by atoms with Crippen LogP contribution in [0.3, 0.4) is 0 Å². The second kappa shape index (κ2) is 18.1. The summed E-state index contributed by atoms with van der Waals surface area (Å²) < 4.78 is -1.89. The normalized spacial score (nSPS) is 15.8. The number of carbonyl (C=O) groups is 2. The Bertz CT molecular complexity index is 3050. The molecule has 0 aliphatic heterocycles. The van der Waals surface area contributed by atoms with E-state index >= 15 is 0 Å². The summed E-state index contributed by atoms with van der Waals surface area (Å²) in [6, 6.07) is 60.3. The molecule has 2 unspecified atom stereocenters. The molecule has 66 heavy (non-hydrogen) atoms. The molecule has 0 saturated heterocycles. The van der Waals surface area contributed by atoms with Crippen LogP contribution in [0.25, 0.3) is 78.2 Å². The third-order valence-electron chi connectivity index (χ3n) is 14.1. The first-order valence-corrected chi connectivity index (χ1v) is 38.2. The molecule has 0 spiro atoms. The van der Waals surface area contributed by atoms with Gasteiger partial charge in [0.05, 0.1) is 0 Å². The molecule has 8 aromatic rings. The Morgan fingerprint density at radius 1 is 0.455 bits per heavy atom. The Hall–Kier alpha value is -5.78. The monoisotopic (exact) mass is 1070 g/mol. The molecule has 2 aliphatic carbocycles. The fraction of sp³-hybridized carbons (Fsp3) is 0.138. The molecule has 325 valence electrons. The van der Waals surface area contributed by atoms with Gasteiger partial charge in [0.25, 0.3) is 0 Å². The molecule has 2 amide bonds. The maximum atomic E-state index is 12.8. The predicted octanol–water partition coefficient (Wildman–Crippen LogP) is 15.3. The molecule has 0 radical (unpaired) electrons. The van der Waals surface area contributed by atoms with Crippen LogP contribution in [0.1, 0.15) is 69.1 Å². The van der Waals surface area contributed by atoms with Crippen molar-refractivity contribution < 1.29 is 25.5 Å². The number of nitrogens with one attached hydrogen (secondary N) is 2. The van der Waals surface area contributed by atoms with E-state index in [1.165, 1.54) is 21.5 Å². The van der Waals surface area contributed by atoms with E-state index in [0.717, 1.165) is 104 Å². The van der Waals surface area contributed by atoms with E-state index in [2.05, 4.69) is 206 Å². The molecule has 8 heteroatoms. The summed E-state index contributed by atoms with van der Waals surface area (Å²) in [4.78, 5) is 25.7. The van der Waals surface area contributed by atoms with Crippen molar-refractivity contribution in [3.63, 3.8) is 0 Å². The van der Waals surface area contributed by atoms with Gasteiger partial charge in [-0.1, -0.05) is 0 Å². The Morgan fingerprint density at radius 3 is 1.20 bits per heavy atom. The van der Waals surface area contributed by atoms with E-state index in [9.17, 15) is 9.59 Å². The number of hydrogen-bond acceptors (Lipinski definition) is 2. The quantitative estimate of drug-likeness (QED) is 0.0794. The summed E-state index contributed by atoms with van der Waals surface area (Å²) in [5.41, 5.74) is 15.5. The van der Waals surface area contributed by atoms with Crippen molar-refractivity contribution in [1.29, 1.82) is 0 Å². The second-order valence-electron chi connectivity index (χ2n) is 17.8. The van der Waals surface area contributed by atoms with Crippen LogP contribution in [0.4, 0.5) is 0 Å². The fourth-order valence-corrected chi connectivity index (χ4v) is 41.2. The minimum atomic E-state index is -6.22. The first kappa shape index (κ1) is 44.1. The summed E-state index contributed by atoms with van der Waals surface area (Å²) >= 11 is -6.22. The van der Waals surface area contributed by atoms with E-state index in [1.807, 2.05) is 0 Å². The van der Waals surface area contributed by atoms with Gasteiger partial charge in [-0.15, -0.1) is 0 Å². The zero-order chi connectivity index (χ0) is 45.4. The van der Waals surface area contributed by atoms with E-state index in [-0.39, 0.29) is 0 Å². The van der Waals surface area contributed by atoms with Gasteiger partial charge in [0.15, 0.2) is 0 Å². The Balaban J connectivity index is 1.20. The van der Waals surface area contributed by atoms with Crippen LogP contribution in [0.2, 0.25) is 0 Å². The Labute approximate surface area is 395 Å². The summed E-state index contributed by atoms with van der Waals surface area (Å²) in [6.07, 6.45) is 9.16. The predicted molar refractivity (Wildman–Crippen MR) is 277 cm³/mol. The van der Waals surface area contributed by atoms with Crippen LogP contribution >= 0.6 is 17.2 Å². The van der Waals surface area contributed by atoms with Gasteiger partial charge in [0, 0.05) is 0 Å². The molecule has 10 rings (SSSR count). The zero-order valence-corrected chi connectivity index (χ0v) is 42.2. The van der Waals surface area contributed by atoms with Gasteiger partial charge in [-0.2, -0.15) is 0 Å². The number of benzene rings is 8. The van der Waals surface area contributed by atoms with Crippen molar-refractivity contribution in [2.24, 2.45) is 0 Å². The summed E-state index contributed by atoms with van der Waals surface area (Å²) in [5.74, 6) is 0. The van der Waals surface area contributed by atoms with Crippen molar-refractivity contribution in [1.82, 2.24) is 10.5 Å². The molecular weight excluding hydrogens is 1020 g/mol. The van der Waals surface area contributed by atoms with Gasteiger partial charge in [0.1, 0.15) is 0 Å². The number of carbonyl (C=O) groups excluding carboxylic acids is 2. The number of halogens is 2. The van der Waals surface area contributed by atoms with Crippen LogP contribution in [0.5, 0.6) is 0 Å². The van der Waals surface area contributed by atoms with Crippen molar-refractivity contribution in [3.05, 3.63) is 203 Å². The van der Waals surface area contributed by atoms with Crippen molar-refractivity contribution in [2.75, 3.05) is 0 Å². The molecule has 2 aliphatic rings. The van der Waals surface area contributed by atoms with E-state index < -0.39 is 27.8 Å². The van der Waals surface area contributed by atoms with Crippen molar-refractivity contribution in [3.8, 4) is 44.5 Å².